The van der Waals surface area contributed by atoms with Crippen LogP contribution in [0.5, 0.6) is 0 Å². The van der Waals surface area contributed by atoms with Crippen LogP contribution >= 0.6 is 11.6 Å². The first-order valence-corrected chi connectivity index (χ1v) is 7.85. The van der Waals surface area contributed by atoms with Crippen LogP contribution in [0.25, 0.3) is 0 Å². The van der Waals surface area contributed by atoms with Crippen molar-refractivity contribution in [1.82, 2.24) is 4.98 Å². The molecule has 0 fully saturated rings. The van der Waals surface area contributed by atoms with E-state index in [1.807, 2.05) is 39.0 Å². The number of anilines is 2. The van der Waals surface area contributed by atoms with E-state index in [9.17, 15) is 4.79 Å². The second-order valence-corrected chi connectivity index (χ2v) is 6.20. The van der Waals surface area contributed by atoms with Gasteiger partial charge >= 0.3 is 0 Å². The molecule has 1 heterocycles. The fourth-order valence-corrected chi connectivity index (χ4v) is 2.72. The highest BCUT2D eigenvalue weighted by molar-refractivity contribution is 6.31. The maximum absolute atomic E-state index is 12.3. The smallest absolute Gasteiger partial charge is 0.243 e. The number of hydrogen-bond donors (Lipinski definition) is 1. The number of benzene rings is 1. The molecule has 0 spiro atoms. The fraction of sp³-hybridized carbons (Fsp3) is 0.278. The summed E-state index contributed by atoms with van der Waals surface area (Å²) in [6, 6.07) is 9.28. The maximum Gasteiger partial charge on any atom is 0.243 e. The number of carbonyl (C=O) groups excluding carboxylic acids is 1. The molecule has 6 heteroatoms. The predicted octanol–water partition coefficient (Wildman–Crippen LogP) is 3.61. The molecule has 0 radical (unpaired) electrons. The number of amides is 1. The Labute approximate surface area is 146 Å². The van der Waals surface area contributed by atoms with Gasteiger partial charge in [-0.1, -0.05) is 29.3 Å². The van der Waals surface area contributed by atoms with Crippen LogP contribution in [0.2, 0.25) is 5.02 Å². The summed E-state index contributed by atoms with van der Waals surface area (Å²) in [5.41, 5.74) is 4.20. The molecule has 1 amide bonds. The van der Waals surface area contributed by atoms with Crippen LogP contribution in [0.15, 0.2) is 24.3 Å². The zero-order chi connectivity index (χ0) is 17.9. The van der Waals surface area contributed by atoms with Gasteiger partial charge in [-0.2, -0.15) is 5.26 Å². The van der Waals surface area contributed by atoms with Crippen LogP contribution in [0.1, 0.15) is 22.4 Å². The highest BCUT2D eigenvalue weighted by Crippen LogP contribution is 2.22. The monoisotopic (exact) mass is 342 g/mol. The second-order valence-electron chi connectivity index (χ2n) is 5.79. The SMILES string of the molecule is Cc1cc(C)c(NC(=O)CN(C)c2ccc(Cl)c(C#N)n2)c(C)c1. The first-order chi connectivity index (χ1) is 11.3. The van der Waals surface area contributed by atoms with Gasteiger partial charge in [0.15, 0.2) is 5.69 Å². The van der Waals surface area contributed by atoms with Crippen LogP contribution < -0.4 is 10.2 Å². The minimum atomic E-state index is -0.150. The van der Waals surface area contributed by atoms with Crippen molar-refractivity contribution < 1.29 is 4.79 Å². The van der Waals surface area contributed by atoms with Crippen LogP contribution in [0.4, 0.5) is 11.5 Å². The molecule has 1 aromatic carbocycles. The molecular weight excluding hydrogens is 324 g/mol. The zero-order valence-electron chi connectivity index (χ0n) is 14.1. The largest absolute Gasteiger partial charge is 0.350 e. The van der Waals surface area contributed by atoms with Gasteiger partial charge in [-0.25, -0.2) is 4.98 Å². The van der Waals surface area contributed by atoms with Gasteiger partial charge < -0.3 is 10.2 Å². The molecule has 0 unspecified atom stereocenters. The second kappa shape index (κ2) is 7.33. The Morgan fingerprint density at radius 3 is 2.50 bits per heavy atom. The third-order valence-electron chi connectivity index (χ3n) is 3.65. The maximum atomic E-state index is 12.3. The Morgan fingerprint density at radius 2 is 1.92 bits per heavy atom. The highest BCUT2D eigenvalue weighted by atomic mass is 35.5. The number of aromatic nitrogens is 1. The van der Waals surface area contributed by atoms with Crippen molar-refractivity contribution in [2.24, 2.45) is 0 Å². The number of aryl methyl sites for hydroxylation is 3. The van der Waals surface area contributed by atoms with E-state index in [2.05, 4.69) is 10.3 Å². The zero-order valence-corrected chi connectivity index (χ0v) is 14.9. The third kappa shape index (κ3) is 4.03. The molecule has 0 bridgehead atoms. The highest BCUT2D eigenvalue weighted by Gasteiger charge is 2.13. The van der Waals surface area contributed by atoms with Crippen molar-refractivity contribution in [2.45, 2.75) is 20.8 Å². The molecule has 0 aliphatic rings. The molecule has 24 heavy (non-hydrogen) atoms. The molecule has 0 atom stereocenters. The van der Waals surface area contributed by atoms with Crippen molar-refractivity contribution in [2.75, 3.05) is 23.8 Å². The van der Waals surface area contributed by atoms with E-state index < -0.39 is 0 Å². The summed E-state index contributed by atoms with van der Waals surface area (Å²) in [6.07, 6.45) is 0. The number of hydrogen-bond acceptors (Lipinski definition) is 4. The molecule has 124 valence electrons. The number of nitrogens with zero attached hydrogens (tertiary/aromatic N) is 3. The van der Waals surface area contributed by atoms with Crippen molar-refractivity contribution in [1.29, 1.82) is 5.26 Å². The molecule has 1 N–H and O–H groups in total. The molecule has 0 saturated heterocycles. The van der Waals surface area contributed by atoms with Gasteiger partial charge in [-0.3, -0.25) is 4.79 Å². The molecule has 0 aliphatic heterocycles. The lowest BCUT2D eigenvalue weighted by Crippen LogP contribution is -2.31. The van der Waals surface area contributed by atoms with Gasteiger partial charge in [-0.05, 0) is 44.0 Å². The van der Waals surface area contributed by atoms with E-state index in [0.29, 0.717) is 10.8 Å². The van der Waals surface area contributed by atoms with Gasteiger partial charge in [0, 0.05) is 12.7 Å². The Balaban J connectivity index is 2.11. The molecular formula is C18H19ClN4O. The number of nitrogens with one attached hydrogen (secondary N) is 1. The molecule has 2 aromatic rings. The molecule has 2 rings (SSSR count). The first-order valence-electron chi connectivity index (χ1n) is 7.47. The average molecular weight is 343 g/mol. The van der Waals surface area contributed by atoms with Gasteiger partial charge in [0.2, 0.25) is 5.91 Å². The predicted molar refractivity (Wildman–Crippen MR) is 96.5 cm³/mol. The number of halogens is 1. The minimum Gasteiger partial charge on any atom is -0.350 e. The van der Waals surface area contributed by atoms with E-state index in [1.54, 1.807) is 24.1 Å². The summed E-state index contributed by atoms with van der Waals surface area (Å²) in [5, 5.41) is 12.2. The van der Waals surface area contributed by atoms with E-state index in [-0.39, 0.29) is 18.1 Å². The Hall–Kier alpha value is -2.58. The first kappa shape index (κ1) is 17.8. The van der Waals surface area contributed by atoms with Crippen LogP contribution in [0, 0.1) is 32.1 Å². The van der Waals surface area contributed by atoms with E-state index in [0.717, 1.165) is 22.4 Å². The van der Waals surface area contributed by atoms with Gasteiger partial charge in [0.25, 0.3) is 0 Å². The van der Waals surface area contributed by atoms with Crippen LogP contribution in [-0.4, -0.2) is 24.5 Å². The van der Waals surface area contributed by atoms with E-state index >= 15 is 0 Å². The summed E-state index contributed by atoms with van der Waals surface area (Å²) in [5.74, 6) is 0.367. The van der Waals surface area contributed by atoms with Gasteiger partial charge in [-0.15, -0.1) is 0 Å². The van der Waals surface area contributed by atoms with Crippen molar-refractivity contribution in [3.05, 3.63) is 51.7 Å². The van der Waals surface area contributed by atoms with E-state index in [1.165, 1.54) is 0 Å². The molecule has 1 aromatic heterocycles. The lowest BCUT2D eigenvalue weighted by Gasteiger charge is -2.19. The number of carbonyl (C=O) groups is 1. The summed E-state index contributed by atoms with van der Waals surface area (Å²) in [4.78, 5) is 18.2. The number of pyridine rings is 1. The lowest BCUT2D eigenvalue weighted by molar-refractivity contribution is -0.114. The third-order valence-corrected chi connectivity index (χ3v) is 3.96. The fourth-order valence-electron chi connectivity index (χ4n) is 2.58. The summed E-state index contributed by atoms with van der Waals surface area (Å²) in [7, 11) is 1.74. The van der Waals surface area contributed by atoms with Crippen molar-refractivity contribution >= 4 is 29.0 Å². The number of likely N-dealkylation sites (N-methyl/N-ethyl adjacent to an activating group) is 1. The van der Waals surface area contributed by atoms with Crippen LogP contribution in [-0.2, 0) is 4.79 Å². The van der Waals surface area contributed by atoms with Crippen molar-refractivity contribution in [3.63, 3.8) is 0 Å². The number of nitriles is 1. The Bertz CT molecular complexity index is 803. The lowest BCUT2D eigenvalue weighted by atomic mass is 10.1. The number of rotatable bonds is 4. The van der Waals surface area contributed by atoms with Crippen LogP contribution in [0.3, 0.4) is 0 Å². The molecule has 0 aliphatic carbocycles. The quantitative estimate of drug-likeness (QED) is 0.921. The average Bonchev–Trinajstić information content (AvgIpc) is 2.51. The van der Waals surface area contributed by atoms with Gasteiger partial charge in [0.1, 0.15) is 11.9 Å². The minimum absolute atomic E-state index is 0.117. The summed E-state index contributed by atoms with van der Waals surface area (Å²) in [6.45, 7) is 6.09. The van der Waals surface area contributed by atoms with Gasteiger partial charge in [0.05, 0.1) is 11.6 Å². The topological polar surface area (TPSA) is 69.0 Å². The molecule has 0 saturated carbocycles. The van der Waals surface area contributed by atoms with Crippen molar-refractivity contribution in [3.8, 4) is 6.07 Å². The Kier molecular flexibility index (Phi) is 5.42. The standard InChI is InChI=1S/C18H19ClN4O/c1-11-7-12(2)18(13(3)8-11)22-17(24)10-23(4)16-6-5-14(19)15(9-20)21-16/h5-8H,10H2,1-4H3,(H,22,24). The Morgan fingerprint density at radius 1 is 1.29 bits per heavy atom. The van der Waals surface area contributed by atoms with E-state index in [4.69, 9.17) is 16.9 Å². The normalized spacial score (nSPS) is 10.2. The summed E-state index contributed by atoms with van der Waals surface area (Å²) < 4.78 is 0. The molecule has 5 nitrogen and oxygen atoms in total. The summed E-state index contributed by atoms with van der Waals surface area (Å²) >= 11 is 5.88.